The average molecular weight is 429 g/mol. The minimum Gasteiger partial charge on any atom is -0.497 e. The van der Waals surface area contributed by atoms with Crippen LogP contribution < -0.4 is 4.74 Å². The predicted molar refractivity (Wildman–Crippen MR) is 111 cm³/mol. The van der Waals surface area contributed by atoms with Gasteiger partial charge in [-0.1, -0.05) is 35.9 Å². The number of aromatic nitrogens is 4. The van der Waals surface area contributed by atoms with Crippen LogP contribution in [0.15, 0.2) is 59.6 Å². The standard InChI is InChI=1S/C20H17ClN4O3S/c1-28-15-8-6-13(7-9-15)11-25-12-17-18(24-25)19(21)23-20(22-17)14-4-3-5-16(10-14)29(2,26)27/h3-10,12H,11H2,1-2H3. The topological polar surface area (TPSA) is 87.0 Å². The Hall–Kier alpha value is -2.97. The Kier molecular flexibility index (Phi) is 4.97. The summed E-state index contributed by atoms with van der Waals surface area (Å²) in [5.41, 5.74) is 2.69. The van der Waals surface area contributed by atoms with Crippen LogP contribution in [0.1, 0.15) is 5.56 Å². The summed E-state index contributed by atoms with van der Waals surface area (Å²) in [6, 6.07) is 14.2. The number of nitrogens with zero attached hydrogens (tertiary/aromatic N) is 4. The molecule has 0 radical (unpaired) electrons. The molecule has 0 N–H and O–H groups in total. The van der Waals surface area contributed by atoms with Crippen molar-refractivity contribution in [2.24, 2.45) is 0 Å². The summed E-state index contributed by atoms with van der Waals surface area (Å²) in [4.78, 5) is 9.03. The van der Waals surface area contributed by atoms with Gasteiger partial charge in [-0.2, -0.15) is 5.10 Å². The first kappa shape index (κ1) is 19.4. The zero-order chi connectivity index (χ0) is 20.6. The van der Waals surface area contributed by atoms with Crippen LogP contribution in [0.3, 0.4) is 0 Å². The summed E-state index contributed by atoms with van der Waals surface area (Å²) in [6.07, 6.45) is 2.95. The van der Waals surface area contributed by atoms with Gasteiger partial charge >= 0.3 is 0 Å². The van der Waals surface area contributed by atoms with Crippen LogP contribution in [0.4, 0.5) is 0 Å². The summed E-state index contributed by atoms with van der Waals surface area (Å²) in [5, 5.41) is 4.69. The van der Waals surface area contributed by atoms with E-state index in [1.165, 1.54) is 12.1 Å². The van der Waals surface area contributed by atoms with E-state index < -0.39 is 9.84 Å². The lowest BCUT2D eigenvalue weighted by Crippen LogP contribution is -1.99. The van der Waals surface area contributed by atoms with Crippen LogP contribution in [0, 0.1) is 0 Å². The summed E-state index contributed by atoms with van der Waals surface area (Å²) < 4.78 is 30.6. The molecule has 0 fully saturated rings. The van der Waals surface area contributed by atoms with Crippen LogP contribution in [0.25, 0.3) is 22.4 Å². The Balaban J connectivity index is 1.70. The smallest absolute Gasteiger partial charge is 0.175 e. The van der Waals surface area contributed by atoms with E-state index in [9.17, 15) is 8.42 Å². The van der Waals surface area contributed by atoms with E-state index in [1.807, 2.05) is 24.3 Å². The van der Waals surface area contributed by atoms with Gasteiger partial charge in [0.05, 0.1) is 24.7 Å². The molecule has 0 spiro atoms. The van der Waals surface area contributed by atoms with Gasteiger partial charge in [-0.25, -0.2) is 18.4 Å². The number of methoxy groups -OCH3 is 1. The molecule has 4 rings (SSSR count). The van der Waals surface area contributed by atoms with Gasteiger partial charge in [0, 0.05) is 11.8 Å². The Labute approximate surface area is 172 Å². The number of hydrogen-bond donors (Lipinski definition) is 0. The van der Waals surface area contributed by atoms with E-state index in [2.05, 4.69) is 15.1 Å². The second kappa shape index (κ2) is 7.46. The van der Waals surface area contributed by atoms with E-state index in [4.69, 9.17) is 16.3 Å². The van der Waals surface area contributed by atoms with Gasteiger partial charge in [-0.05, 0) is 29.8 Å². The molecule has 0 aliphatic heterocycles. The van der Waals surface area contributed by atoms with E-state index in [0.717, 1.165) is 17.6 Å². The number of sulfone groups is 1. The zero-order valence-electron chi connectivity index (χ0n) is 15.7. The number of hydrogen-bond acceptors (Lipinski definition) is 6. The molecule has 0 saturated heterocycles. The minimum atomic E-state index is -3.34. The van der Waals surface area contributed by atoms with Crippen molar-refractivity contribution in [3.63, 3.8) is 0 Å². The van der Waals surface area contributed by atoms with E-state index >= 15 is 0 Å². The first-order chi connectivity index (χ1) is 13.8. The third kappa shape index (κ3) is 4.08. The Morgan fingerprint density at radius 2 is 1.86 bits per heavy atom. The van der Waals surface area contributed by atoms with Crippen LogP contribution in [0.5, 0.6) is 5.75 Å². The largest absolute Gasteiger partial charge is 0.497 e. The average Bonchev–Trinajstić information content (AvgIpc) is 3.11. The van der Waals surface area contributed by atoms with Crippen LogP contribution >= 0.6 is 11.6 Å². The minimum absolute atomic E-state index is 0.199. The van der Waals surface area contributed by atoms with Crippen molar-refractivity contribution in [3.8, 4) is 17.1 Å². The number of fused-ring (bicyclic) bond motifs is 1. The first-order valence-electron chi connectivity index (χ1n) is 8.67. The van der Waals surface area contributed by atoms with Crippen molar-refractivity contribution >= 4 is 32.5 Å². The summed E-state index contributed by atoms with van der Waals surface area (Å²) in [7, 11) is -1.71. The molecule has 2 aromatic heterocycles. The van der Waals surface area contributed by atoms with Crippen molar-refractivity contribution in [1.82, 2.24) is 19.7 Å². The Bertz CT molecular complexity index is 1300. The summed E-state index contributed by atoms with van der Waals surface area (Å²) in [6.45, 7) is 0.537. The van der Waals surface area contributed by atoms with Crippen LogP contribution in [-0.2, 0) is 16.4 Å². The maximum atomic E-state index is 11.8. The highest BCUT2D eigenvalue weighted by Crippen LogP contribution is 2.25. The summed E-state index contributed by atoms with van der Waals surface area (Å²) >= 11 is 6.34. The SMILES string of the molecule is COc1ccc(Cn2cc3nc(-c4cccc(S(C)(=O)=O)c4)nc(Cl)c3n2)cc1. The fourth-order valence-corrected chi connectivity index (χ4v) is 3.80. The summed E-state index contributed by atoms with van der Waals surface area (Å²) in [5.74, 6) is 1.13. The van der Waals surface area contributed by atoms with Gasteiger partial charge in [-0.3, -0.25) is 4.68 Å². The third-order valence-corrected chi connectivity index (χ3v) is 5.77. The predicted octanol–water partition coefficient (Wildman–Crippen LogP) is 3.61. The number of halogens is 1. The number of ether oxygens (including phenoxy) is 1. The molecule has 0 aliphatic carbocycles. The maximum absolute atomic E-state index is 11.8. The highest BCUT2D eigenvalue weighted by molar-refractivity contribution is 7.90. The number of rotatable bonds is 5. The monoisotopic (exact) mass is 428 g/mol. The van der Waals surface area contributed by atoms with Crippen molar-refractivity contribution in [1.29, 1.82) is 0 Å². The van der Waals surface area contributed by atoms with Gasteiger partial charge in [0.15, 0.2) is 20.8 Å². The van der Waals surface area contributed by atoms with Crippen molar-refractivity contribution < 1.29 is 13.2 Å². The van der Waals surface area contributed by atoms with Crippen LogP contribution in [0.2, 0.25) is 5.15 Å². The highest BCUT2D eigenvalue weighted by atomic mass is 35.5. The molecule has 0 bridgehead atoms. The van der Waals surface area contributed by atoms with Gasteiger partial charge in [0.25, 0.3) is 0 Å². The molecule has 0 aliphatic rings. The lowest BCUT2D eigenvalue weighted by atomic mass is 10.2. The van der Waals surface area contributed by atoms with Crippen molar-refractivity contribution in [3.05, 3.63) is 65.4 Å². The molecule has 9 heteroatoms. The fraction of sp³-hybridized carbons (Fsp3) is 0.150. The van der Waals surface area contributed by atoms with Gasteiger partial charge in [-0.15, -0.1) is 0 Å². The Morgan fingerprint density at radius 3 is 2.55 bits per heavy atom. The first-order valence-corrected chi connectivity index (χ1v) is 10.9. The van der Waals surface area contributed by atoms with E-state index in [1.54, 1.807) is 30.1 Å². The maximum Gasteiger partial charge on any atom is 0.175 e. The molecule has 0 unspecified atom stereocenters. The molecule has 2 aromatic carbocycles. The second-order valence-corrected chi connectivity index (χ2v) is 8.92. The van der Waals surface area contributed by atoms with Gasteiger partial charge in [0.1, 0.15) is 16.8 Å². The van der Waals surface area contributed by atoms with Gasteiger partial charge < -0.3 is 4.74 Å². The fourth-order valence-electron chi connectivity index (χ4n) is 2.92. The normalized spacial score (nSPS) is 11.7. The van der Waals surface area contributed by atoms with Crippen molar-refractivity contribution in [2.75, 3.05) is 13.4 Å². The molecule has 0 saturated carbocycles. The molecule has 29 heavy (non-hydrogen) atoms. The second-order valence-electron chi connectivity index (χ2n) is 6.55. The molecule has 0 atom stereocenters. The molecule has 4 aromatic rings. The zero-order valence-corrected chi connectivity index (χ0v) is 17.3. The lowest BCUT2D eigenvalue weighted by Gasteiger charge is -2.03. The van der Waals surface area contributed by atoms with E-state index in [-0.39, 0.29) is 10.0 Å². The third-order valence-electron chi connectivity index (χ3n) is 4.39. The molecule has 7 nitrogen and oxygen atoms in total. The van der Waals surface area contributed by atoms with E-state index in [0.29, 0.717) is 29.0 Å². The van der Waals surface area contributed by atoms with Crippen LogP contribution in [-0.4, -0.2) is 41.5 Å². The van der Waals surface area contributed by atoms with Gasteiger partial charge in [0.2, 0.25) is 0 Å². The Morgan fingerprint density at radius 1 is 1.10 bits per heavy atom. The molecular weight excluding hydrogens is 412 g/mol. The molecule has 0 amide bonds. The quantitative estimate of drug-likeness (QED) is 0.451. The lowest BCUT2D eigenvalue weighted by molar-refractivity contribution is 0.414. The highest BCUT2D eigenvalue weighted by Gasteiger charge is 2.14. The number of benzene rings is 2. The molecular formula is C20H17ClN4O3S. The molecule has 148 valence electrons. The van der Waals surface area contributed by atoms with Crippen molar-refractivity contribution in [2.45, 2.75) is 11.4 Å². The molecule has 2 heterocycles.